The zero-order valence-corrected chi connectivity index (χ0v) is 6.49. The van der Waals surface area contributed by atoms with Crippen LogP contribution in [0.4, 0.5) is 0 Å². The molecule has 0 aliphatic carbocycles. The summed E-state index contributed by atoms with van der Waals surface area (Å²) in [5, 5.41) is 35.6. The van der Waals surface area contributed by atoms with Crippen molar-refractivity contribution in [1.82, 2.24) is 0 Å². The van der Waals surface area contributed by atoms with Gasteiger partial charge in [0.1, 0.15) is 12.2 Å². The van der Waals surface area contributed by atoms with Gasteiger partial charge in [0.05, 0.1) is 6.10 Å². The van der Waals surface area contributed by atoms with Crippen LogP contribution in [-0.4, -0.2) is 51.3 Å². The highest BCUT2D eigenvalue weighted by Gasteiger charge is 2.43. The average Bonchev–Trinajstić information content (AvgIpc) is 2.02. The quantitative estimate of drug-likeness (QED) is 0.283. The van der Waals surface area contributed by atoms with Gasteiger partial charge < -0.3 is 20.1 Å². The molecule has 4 N–H and O–H groups in total. The summed E-state index contributed by atoms with van der Waals surface area (Å²) in [6.07, 6.45) is -5.97. The third kappa shape index (κ3) is 1.58. The number of rotatable bonds is 1. The summed E-state index contributed by atoms with van der Waals surface area (Å²) in [5.74, 6) is 0. The van der Waals surface area contributed by atoms with E-state index in [1.54, 1.807) is 0 Å². The smallest absolute Gasteiger partial charge is 0.184 e. The first-order valence-electron chi connectivity index (χ1n) is 3.57. The Hall–Kier alpha value is -0.240. The van der Waals surface area contributed by atoms with Crippen LogP contribution in [0.5, 0.6) is 0 Å². The highest BCUT2D eigenvalue weighted by molar-refractivity contribution is 4.86. The number of ether oxygens (including phenoxy) is 1. The fourth-order valence-electron chi connectivity index (χ4n) is 1.14. The van der Waals surface area contributed by atoms with Gasteiger partial charge in [-0.15, -0.1) is 0 Å². The van der Waals surface area contributed by atoms with Crippen molar-refractivity contribution in [3.63, 3.8) is 0 Å². The Bertz CT molecular complexity index is 137. The van der Waals surface area contributed by atoms with Gasteiger partial charge in [0.15, 0.2) is 12.4 Å². The number of aliphatic hydroxyl groups is 3. The molecular formula is C6H12O6. The Morgan fingerprint density at radius 2 is 1.75 bits per heavy atom. The first-order chi connectivity index (χ1) is 5.57. The predicted octanol–water partition coefficient (Wildman–Crippen LogP) is -1.70. The van der Waals surface area contributed by atoms with Crippen LogP contribution in [0.25, 0.3) is 0 Å². The molecule has 5 atom stereocenters. The minimum Gasteiger partial charge on any atom is -0.387 e. The highest BCUT2D eigenvalue weighted by Crippen LogP contribution is 2.20. The molecule has 6 heteroatoms. The third-order valence-corrected chi connectivity index (χ3v) is 1.92. The summed E-state index contributed by atoms with van der Waals surface area (Å²) in [5.41, 5.74) is 0. The summed E-state index contributed by atoms with van der Waals surface area (Å²) in [7, 11) is 0. The molecule has 0 aromatic carbocycles. The van der Waals surface area contributed by atoms with Crippen LogP contribution in [0.2, 0.25) is 0 Å². The largest absolute Gasteiger partial charge is 0.387 e. The van der Waals surface area contributed by atoms with E-state index < -0.39 is 30.7 Å². The lowest BCUT2D eigenvalue weighted by molar-refractivity contribution is -0.368. The molecule has 0 bridgehead atoms. The van der Waals surface area contributed by atoms with Crippen LogP contribution < -0.4 is 0 Å². The van der Waals surface area contributed by atoms with E-state index in [-0.39, 0.29) is 0 Å². The van der Waals surface area contributed by atoms with Crippen LogP contribution >= 0.6 is 0 Å². The number of hydrogen-bond acceptors (Lipinski definition) is 6. The molecule has 6 nitrogen and oxygen atoms in total. The Balaban J connectivity index is 2.67. The molecule has 1 heterocycles. The maximum atomic E-state index is 9.24. The zero-order valence-electron chi connectivity index (χ0n) is 6.49. The fourth-order valence-corrected chi connectivity index (χ4v) is 1.14. The van der Waals surface area contributed by atoms with Crippen molar-refractivity contribution in [3.05, 3.63) is 0 Å². The summed E-state index contributed by atoms with van der Waals surface area (Å²) < 4.78 is 4.71. The van der Waals surface area contributed by atoms with Crippen molar-refractivity contribution < 1.29 is 30.2 Å². The Morgan fingerprint density at radius 1 is 1.17 bits per heavy atom. The summed E-state index contributed by atoms with van der Waals surface area (Å²) in [6, 6.07) is 0. The molecule has 1 fully saturated rings. The summed E-state index contributed by atoms with van der Waals surface area (Å²) in [4.78, 5) is 3.82. The molecule has 12 heavy (non-hydrogen) atoms. The van der Waals surface area contributed by atoms with Crippen molar-refractivity contribution in [2.75, 3.05) is 0 Å². The van der Waals surface area contributed by atoms with Gasteiger partial charge in [0, 0.05) is 0 Å². The van der Waals surface area contributed by atoms with Crippen molar-refractivity contribution in [3.8, 4) is 0 Å². The molecule has 0 spiro atoms. The van der Waals surface area contributed by atoms with E-state index in [9.17, 15) is 5.11 Å². The van der Waals surface area contributed by atoms with Gasteiger partial charge in [-0.2, -0.15) is 0 Å². The van der Waals surface area contributed by atoms with E-state index >= 15 is 0 Å². The second kappa shape index (κ2) is 3.65. The second-order valence-corrected chi connectivity index (χ2v) is 2.78. The fraction of sp³-hybridized carbons (Fsp3) is 1.00. The lowest BCUT2D eigenvalue weighted by Gasteiger charge is -2.37. The van der Waals surface area contributed by atoms with Crippen LogP contribution in [0.1, 0.15) is 6.92 Å². The monoisotopic (exact) mass is 180 g/mol. The lowest BCUT2D eigenvalue weighted by Crippen LogP contribution is -2.57. The van der Waals surface area contributed by atoms with Crippen molar-refractivity contribution in [2.45, 2.75) is 37.6 Å². The van der Waals surface area contributed by atoms with Gasteiger partial charge in [0.25, 0.3) is 0 Å². The van der Waals surface area contributed by atoms with E-state index in [1.807, 2.05) is 0 Å². The van der Waals surface area contributed by atoms with Gasteiger partial charge in [-0.05, 0) is 6.92 Å². The minimum atomic E-state index is -1.44. The molecular weight excluding hydrogens is 168 g/mol. The zero-order chi connectivity index (χ0) is 9.30. The highest BCUT2D eigenvalue weighted by atomic mass is 17.1. The summed E-state index contributed by atoms with van der Waals surface area (Å²) >= 11 is 0. The lowest BCUT2D eigenvalue weighted by atomic mass is 10.0. The number of hydrogen-bond donors (Lipinski definition) is 4. The van der Waals surface area contributed by atoms with Crippen LogP contribution in [0.3, 0.4) is 0 Å². The topological polar surface area (TPSA) is 99.4 Å². The molecule has 1 aliphatic rings. The van der Waals surface area contributed by atoms with E-state index in [2.05, 4.69) is 4.89 Å². The van der Waals surface area contributed by atoms with Crippen LogP contribution in [0.15, 0.2) is 0 Å². The molecule has 0 radical (unpaired) electrons. The van der Waals surface area contributed by atoms with Crippen LogP contribution in [-0.2, 0) is 9.62 Å². The van der Waals surface area contributed by atoms with Crippen LogP contribution in [0, 0.1) is 0 Å². The molecule has 0 aromatic rings. The molecule has 0 saturated carbocycles. The van der Waals surface area contributed by atoms with Gasteiger partial charge in [-0.3, -0.25) is 5.26 Å². The SMILES string of the molecule is C[C@@H]1O[C@@H](O)[C@@H](O)[C@H](OO)[C@@H]1O. The van der Waals surface area contributed by atoms with Gasteiger partial charge in [0.2, 0.25) is 0 Å². The average molecular weight is 180 g/mol. The maximum Gasteiger partial charge on any atom is 0.184 e. The summed E-state index contributed by atoms with van der Waals surface area (Å²) in [6.45, 7) is 1.49. The van der Waals surface area contributed by atoms with E-state index in [4.69, 9.17) is 20.2 Å². The Morgan fingerprint density at radius 3 is 2.25 bits per heavy atom. The maximum absolute atomic E-state index is 9.24. The van der Waals surface area contributed by atoms with Crippen molar-refractivity contribution in [2.24, 2.45) is 0 Å². The minimum absolute atomic E-state index is 0.694. The Kier molecular flexibility index (Phi) is 2.99. The standard InChI is InChI=1S/C6H12O6/c1-2-3(7)5(12-10)4(8)6(9)11-2/h2-10H,1H3/t2-,3+,4-,5+,6+/m0/s1. The molecule has 0 amide bonds. The number of aliphatic hydroxyl groups excluding tert-OH is 3. The molecule has 1 saturated heterocycles. The second-order valence-electron chi connectivity index (χ2n) is 2.78. The van der Waals surface area contributed by atoms with E-state index in [1.165, 1.54) is 6.92 Å². The van der Waals surface area contributed by atoms with Crippen molar-refractivity contribution >= 4 is 0 Å². The molecule has 1 aliphatic heterocycles. The third-order valence-electron chi connectivity index (χ3n) is 1.92. The molecule has 72 valence electrons. The predicted molar refractivity (Wildman–Crippen MR) is 36.1 cm³/mol. The van der Waals surface area contributed by atoms with Gasteiger partial charge >= 0.3 is 0 Å². The first kappa shape index (κ1) is 9.85. The van der Waals surface area contributed by atoms with Crippen molar-refractivity contribution in [1.29, 1.82) is 0 Å². The normalized spacial score (nSPS) is 49.2. The molecule has 0 unspecified atom stereocenters. The first-order valence-corrected chi connectivity index (χ1v) is 3.57. The van der Waals surface area contributed by atoms with Gasteiger partial charge in [-0.25, -0.2) is 4.89 Å². The van der Waals surface area contributed by atoms with E-state index in [0.29, 0.717) is 0 Å². The van der Waals surface area contributed by atoms with Gasteiger partial charge in [-0.1, -0.05) is 0 Å². The Labute approximate surface area is 68.9 Å². The molecule has 0 aromatic heterocycles. The van der Waals surface area contributed by atoms with E-state index in [0.717, 1.165) is 0 Å². The molecule has 1 rings (SSSR count).